The zero-order valence-corrected chi connectivity index (χ0v) is 13.1. The first-order valence-electron chi connectivity index (χ1n) is 6.64. The van der Waals surface area contributed by atoms with Crippen LogP contribution in [0.1, 0.15) is 33.5 Å². The van der Waals surface area contributed by atoms with E-state index in [-0.39, 0.29) is 28.8 Å². The molecule has 0 unspecified atom stereocenters. The van der Waals surface area contributed by atoms with Gasteiger partial charge in [-0.05, 0) is 19.1 Å². The fourth-order valence-electron chi connectivity index (χ4n) is 1.55. The second kappa shape index (κ2) is 7.47. The van der Waals surface area contributed by atoms with Crippen molar-refractivity contribution < 1.29 is 32.0 Å². The van der Waals surface area contributed by atoms with E-state index < -0.39 is 23.5 Å². The number of aromatic nitrogens is 2. The summed E-state index contributed by atoms with van der Waals surface area (Å²) in [5.74, 6) is -1.46. The zero-order chi connectivity index (χ0) is 17.7. The number of carbonyl (C=O) groups excluding carboxylic acids is 2. The van der Waals surface area contributed by atoms with Gasteiger partial charge < -0.3 is 9.26 Å². The molecule has 0 aliphatic rings. The van der Waals surface area contributed by atoms with Crippen LogP contribution in [0.2, 0.25) is 0 Å². The molecule has 0 spiro atoms. The van der Waals surface area contributed by atoms with E-state index in [0.29, 0.717) is 6.20 Å². The molecule has 6 nitrogen and oxygen atoms in total. The normalized spacial score (nSPS) is 11.3. The van der Waals surface area contributed by atoms with Gasteiger partial charge in [-0.1, -0.05) is 16.9 Å². The highest BCUT2D eigenvalue weighted by Gasteiger charge is 2.30. The maximum Gasteiger partial charge on any atom is 0.417 e. The van der Waals surface area contributed by atoms with Crippen molar-refractivity contribution in [1.82, 2.24) is 10.1 Å². The summed E-state index contributed by atoms with van der Waals surface area (Å²) in [7, 11) is 0. The third-order valence-corrected chi connectivity index (χ3v) is 3.63. The Kier molecular flexibility index (Phi) is 5.60. The van der Waals surface area contributed by atoms with Crippen LogP contribution >= 0.6 is 11.8 Å². The molecule has 2 rings (SSSR count). The van der Waals surface area contributed by atoms with E-state index in [9.17, 15) is 22.8 Å². The molecule has 2 aromatic heterocycles. The van der Waals surface area contributed by atoms with Gasteiger partial charge in [0.05, 0.1) is 22.9 Å². The van der Waals surface area contributed by atoms with Crippen LogP contribution in [0.25, 0.3) is 0 Å². The first kappa shape index (κ1) is 18.0. The first-order chi connectivity index (χ1) is 11.3. The molecule has 0 fully saturated rings. The summed E-state index contributed by atoms with van der Waals surface area (Å²) in [6.07, 6.45) is -3.77. The smallest absolute Gasteiger partial charge is 0.417 e. The number of Topliss-reactive ketones (excluding diaryl/α,β-unsaturated/α-hetero) is 1. The minimum atomic E-state index is -4.46. The van der Waals surface area contributed by atoms with Gasteiger partial charge in [0.2, 0.25) is 11.5 Å². The quantitative estimate of drug-likeness (QED) is 0.444. The van der Waals surface area contributed by atoms with Crippen molar-refractivity contribution in [2.24, 2.45) is 0 Å². The van der Waals surface area contributed by atoms with Crippen LogP contribution in [0.15, 0.2) is 33.9 Å². The van der Waals surface area contributed by atoms with Gasteiger partial charge >= 0.3 is 12.1 Å². The lowest BCUT2D eigenvalue weighted by atomic mass is 10.3. The van der Waals surface area contributed by atoms with Crippen LogP contribution in [-0.2, 0) is 10.9 Å². The van der Waals surface area contributed by atoms with Gasteiger partial charge in [0.25, 0.3) is 0 Å². The predicted octanol–water partition coefficient (Wildman–Crippen LogP) is 3.24. The fraction of sp³-hybridized carbons (Fsp3) is 0.286. The molecule has 0 saturated heterocycles. The standard InChI is InChI=1S/C14H11F3N2O4S/c1-2-22-13(21)9-5-11(23-19-9)10(20)7-24-12-4-3-8(6-18-12)14(15,16)17/h3-6H,2,7H2,1H3. The van der Waals surface area contributed by atoms with E-state index in [0.717, 1.165) is 23.9 Å². The minimum Gasteiger partial charge on any atom is -0.461 e. The van der Waals surface area contributed by atoms with Gasteiger partial charge in [0, 0.05) is 12.3 Å². The van der Waals surface area contributed by atoms with E-state index >= 15 is 0 Å². The van der Waals surface area contributed by atoms with E-state index in [1.54, 1.807) is 6.92 Å². The number of pyridine rings is 1. The lowest BCUT2D eigenvalue weighted by Gasteiger charge is -2.06. The maximum absolute atomic E-state index is 12.4. The van der Waals surface area contributed by atoms with Gasteiger partial charge in [-0.2, -0.15) is 13.2 Å². The SMILES string of the molecule is CCOC(=O)c1cc(C(=O)CSc2ccc(C(F)(F)F)cn2)on1. The van der Waals surface area contributed by atoms with Crippen LogP contribution in [0, 0.1) is 0 Å². The number of carbonyl (C=O) groups is 2. The van der Waals surface area contributed by atoms with Crippen molar-refractivity contribution in [1.29, 1.82) is 0 Å². The van der Waals surface area contributed by atoms with E-state index in [4.69, 9.17) is 9.26 Å². The fourth-order valence-corrected chi connectivity index (χ4v) is 2.26. The second-order valence-corrected chi connectivity index (χ2v) is 5.39. The molecule has 0 atom stereocenters. The molecule has 0 aromatic carbocycles. The molecule has 0 amide bonds. The second-order valence-electron chi connectivity index (χ2n) is 4.39. The Balaban J connectivity index is 1.95. The third kappa shape index (κ3) is 4.57. The van der Waals surface area contributed by atoms with Crippen LogP contribution in [0.4, 0.5) is 13.2 Å². The Labute approximate surface area is 138 Å². The van der Waals surface area contributed by atoms with Gasteiger partial charge in [-0.25, -0.2) is 9.78 Å². The van der Waals surface area contributed by atoms with E-state index in [1.807, 2.05) is 0 Å². The molecule has 10 heteroatoms. The molecule has 0 radical (unpaired) electrons. The molecular formula is C14H11F3N2O4S. The number of alkyl halides is 3. The molecule has 2 aromatic rings. The highest BCUT2D eigenvalue weighted by atomic mass is 32.2. The molecule has 0 aliphatic heterocycles. The average molecular weight is 360 g/mol. The van der Waals surface area contributed by atoms with Crippen molar-refractivity contribution in [2.75, 3.05) is 12.4 Å². The van der Waals surface area contributed by atoms with Gasteiger partial charge in [0.15, 0.2) is 5.69 Å². The highest BCUT2D eigenvalue weighted by Crippen LogP contribution is 2.29. The summed E-state index contributed by atoms with van der Waals surface area (Å²) in [5.41, 5.74) is -0.995. The lowest BCUT2D eigenvalue weighted by Crippen LogP contribution is -2.06. The Morgan fingerprint density at radius 3 is 2.67 bits per heavy atom. The number of thioether (sulfide) groups is 1. The first-order valence-corrected chi connectivity index (χ1v) is 7.63. The van der Waals surface area contributed by atoms with Crippen molar-refractivity contribution in [3.8, 4) is 0 Å². The Bertz CT molecular complexity index is 728. The predicted molar refractivity (Wildman–Crippen MR) is 76.8 cm³/mol. The van der Waals surface area contributed by atoms with Crippen LogP contribution < -0.4 is 0 Å². The lowest BCUT2D eigenvalue weighted by molar-refractivity contribution is -0.137. The van der Waals surface area contributed by atoms with Crippen molar-refractivity contribution in [2.45, 2.75) is 18.1 Å². The molecule has 2 heterocycles. The summed E-state index contributed by atoms with van der Waals surface area (Å²) in [6, 6.07) is 3.21. The van der Waals surface area contributed by atoms with Crippen molar-refractivity contribution >= 4 is 23.5 Å². The summed E-state index contributed by atoms with van der Waals surface area (Å²) in [6.45, 7) is 1.78. The average Bonchev–Trinajstić information content (AvgIpc) is 3.02. The third-order valence-electron chi connectivity index (χ3n) is 2.68. The molecule has 24 heavy (non-hydrogen) atoms. The molecule has 128 valence electrons. The number of halogens is 3. The van der Waals surface area contributed by atoms with Gasteiger partial charge in [-0.15, -0.1) is 0 Å². The molecule has 0 bridgehead atoms. The molecular weight excluding hydrogens is 349 g/mol. The number of nitrogens with zero attached hydrogens (tertiary/aromatic N) is 2. The number of hydrogen-bond acceptors (Lipinski definition) is 7. The van der Waals surface area contributed by atoms with Crippen LogP contribution in [0.3, 0.4) is 0 Å². The number of ketones is 1. The number of hydrogen-bond donors (Lipinski definition) is 0. The summed E-state index contributed by atoms with van der Waals surface area (Å²) < 4.78 is 46.7. The summed E-state index contributed by atoms with van der Waals surface area (Å²) in [5, 5.41) is 3.68. The van der Waals surface area contributed by atoms with E-state index in [2.05, 4.69) is 10.1 Å². The number of ether oxygens (including phenoxy) is 1. The maximum atomic E-state index is 12.4. The Morgan fingerprint density at radius 2 is 2.08 bits per heavy atom. The Morgan fingerprint density at radius 1 is 1.33 bits per heavy atom. The highest BCUT2D eigenvalue weighted by molar-refractivity contribution is 7.99. The van der Waals surface area contributed by atoms with E-state index in [1.165, 1.54) is 6.07 Å². The van der Waals surface area contributed by atoms with Crippen molar-refractivity contribution in [3.63, 3.8) is 0 Å². The zero-order valence-electron chi connectivity index (χ0n) is 12.3. The number of esters is 1. The molecule has 0 saturated carbocycles. The largest absolute Gasteiger partial charge is 0.461 e. The minimum absolute atomic E-state index is 0.127. The van der Waals surface area contributed by atoms with Crippen LogP contribution in [0.5, 0.6) is 0 Å². The van der Waals surface area contributed by atoms with Gasteiger partial charge in [0.1, 0.15) is 0 Å². The monoisotopic (exact) mass is 360 g/mol. The summed E-state index contributed by atoms with van der Waals surface area (Å²) in [4.78, 5) is 27.0. The Hall–Kier alpha value is -2.36. The topological polar surface area (TPSA) is 82.3 Å². The van der Waals surface area contributed by atoms with Gasteiger partial charge in [-0.3, -0.25) is 4.79 Å². The number of rotatable bonds is 6. The van der Waals surface area contributed by atoms with Crippen molar-refractivity contribution in [3.05, 3.63) is 41.4 Å². The summed E-state index contributed by atoms with van der Waals surface area (Å²) >= 11 is 0.939. The molecule has 0 aliphatic carbocycles. The van der Waals surface area contributed by atoms with Crippen LogP contribution in [-0.4, -0.2) is 34.3 Å². The molecule has 0 N–H and O–H groups in total.